The second kappa shape index (κ2) is 14.2. The molecule has 7 N–H and O–H groups in total. The van der Waals surface area contributed by atoms with Crippen LogP contribution in [0.25, 0.3) is 0 Å². The number of ether oxygens (including phenoxy) is 2. The minimum absolute atomic E-state index is 0.131. The van der Waals surface area contributed by atoms with E-state index in [0.29, 0.717) is 42.9 Å². The van der Waals surface area contributed by atoms with E-state index in [1.807, 2.05) is 0 Å². The second-order valence-electron chi connectivity index (χ2n) is 16.9. The molecule has 0 aromatic carbocycles. The van der Waals surface area contributed by atoms with Gasteiger partial charge in [-0.2, -0.15) is 0 Å². The van der Waals surface area contributed by atoms with Gasteiger partial charge < -0.3 is 45.4 Å². The Morgan fingerprint density at radius 1 is 1.00 bits per heavy atom. The molecule has 1 amide bonds. The van der Waals surface area contributed by atoms with Crippen LogP contribution in [-0.4, -0.2) is 98.6 Å². The SMILES string of the molecule is CC(=O)NC1C(O[C@H]2CC[C@]3(C)C4=C(CCC3[C@@]2(CO)C(=O)O)[C@@H]2CCC([C@H](C)CC(O)CC(C)C)[C@@]2(C)CC4)OC(CO)C(O)C1O. The number of hydrogen-bond acceptors (Lipinski definition) is 9. The molecule has 274 valence electrons. The monoisotopic (exact) mass is 679 g/mol. The first kappa shape index (κ1) is 37.7. The van der Waals surface area contributed by atoms with Crippen molar-refractivity contribution >= 4 is 11.9 Å². The van der Waals surface area contributed by atoms with Gasteiger partial charge in [-0.3, -0.25) is 9.59 Å². The molecule has 5 aliphatic rings. The van der Waals surface area contributed by atoms with E-state index < -0.39 is 78.6 Å². The number of carbonyl (C=O) groups is 2. The first-order chi connectivity index (χ1) is 22.5. The van der Waals surface area contributed by atoms with Gasteiger partial charge in [0.15, 0.2) is 6.29 Å². The Morgan fingerprint density at radius 2 is 1.71 bits per heavy atom. The van der Waals surface area contributed by atoms with Crippen molar-refractivity contribution in [3.05, 3.63) is 11.1 Å². The fourth-order valence-electron chi connectivity index (χ4n) is 11.5. The molecule has 4 aliphatic carbocycles. The van der Waals surface area contributed by atoms with Gasteiger partial charge in [0, 0.05) is 6.92 Å². The molecule has 3 fully saturated rings. The molecule has 48 heavy (non-hydrogen) atoms. The summed E-state index contributed by atoms with van der Waals surface area (Å²) >= 11 is 0. The summed E-state index contributed by atoms with van der Waals surface area (Å²) in [5.41, 5.74) is 0.842. The zero-order chi connectivity index (χ0) is 35.3. The molecule has 1 aliphatic heterocycles. The van der Waals surface area contributed by atoms with Crippen molar-refractivity contribution in [3.63, 3.8) is 0 Å². The number of aliphatic carboxylic acids is 1. The van der Waals surface area contributed by atoms with E-state index in [1.165, 1.54) is 18.1 Å². The largest absolute Gasteiger partial charge is 0.481 e. The highest BCUT2D eigenvalue weighted by molar-refractivity contribution is 5.77. The van der Waals surface area contributed by atoms with Crippen LogP contribution in [0.4, 0.5) is 0 Å². The highest BCUT2D eigenvalue weighted by Gasteiger charge is 2.65. The van der Waals surface area contributed by atoms with E-state index in [9.17, 15) is 40.2 Å². The number of carboxylic acid groups (broad SMARTS) is 1. The molecule has 0 aromatic heterocycles. The topological polar surface area (TPSA) is 186 Å². The minimum Gasteiger partial charge on any atom is -0.481 e. The van der Waals surface area contributed by atoms with Gasteiger partial charge in [-0.15, -0.1) is 0 Å². The minimum atomic E-state index is -1.68. The fraction of sp³-hybridized carbons (Fsp3) is 0.892. The maximum atomic E-state index is 13.4. The Hall–Kier alpha value is -1.60. The van der Waals surface area contributed by atoms with Crippen molar-refractivity contribution in [2.45, 2.75) is 149 Å². The first-order valence-corrected chi connectivity index (χ1v) is 18.3. The maximum absolute atomic E-state index is 13.4. The molecule has 0 bridgehead atoms. The van der Waals surface area contributed by atoms with Crippen LogP contribution in [0.2, 0.25) is 0 Å². The van der Waals surface area contributed by atoms with E-state index in [0.717, 1.165) is 44.9 Å². The number of aliphatic hydroxyl groups is 5. The predicted octanol–water partition coefficient (Wildman–Crippen LogP) is 3.14. The number of carbonyl (C=O) groups excluding carboxylic acids is 1. The zero-order valence-corrected chi connectivity index (χ0v) is 29.7. The standard InChI is InChI=1S/C37H61NO10/c1-19(2)15-22(42)16-20(3)24-8-9-25-23-7-10-28-36(6,26(23)11-13-35(24,25)5)14-12-29(37(28,18-40)34(45)46)48-33-30(38-21(4)41)32(44)31(43)27(17-39)47-33/h19-20,22,24-25,27-33,39-40,42-44H,7-18H2,1-6H3,(H,38,41)(H,45,46)/t20-,22?,24?,25+,27?,28?,29+,30?,31?,32?,33?,35-,36-,37-/m1/s1. The molecular weight excluding hydrogens is 618 g/mol. The summed E-state index contributed by atoms with van der Waals surface area (Å²) in [6.07, 6.45) is 1.21. The van der Waals surface area contributed by atoms with Crippen molar-refractivity contribution in [1.82, 2.24) is 5.32 Å². The van der Waals surface area contributed by atoms with Crippen molar-refractivity contribution in [1.29, 1.82) is 0 Å². The summed E-state index contributed by atoms with van der Waals surface area (Å²) in [6.45, 7) is 11.2. The highest BCUT2D eigenvalue weighted by Crippen LogP contribution is 2.68. The van der Waals surface area contributed by atoms with Crippen LogP contribution in [0.3, 0.4) is 0 Å². The van der Waals surface area contributed by atoms with E-state index in [1.54, 1.807) is 0 Å². The summed E-state index contributed by atoms with van der Waals surface area (Å²) in [4.78, 5) is 25.4. The van der Waals surface area contributed by atoms with Crippen LogP contribution >= 0.6 is 0 Å². The Kier molecular flexibility index (Phi) is 11.1. The average Bonchev–Trinajstić information content (AvgIpc) is 3.37. The van der Waals surface area contributed by atoms with E-state index >= 15 is 0 Å². The highest BCUT2D eigenvalue weighted by atomic mass is 16.7. The normalized spacial score (nSPS) is 44.0. The third-order valence-corrected chi connectivity index (χ3v) is 13.7. The molecule has 2 saturated carbocycles. The lowest BCUT2D eigenvalue weighted by Gasteiger charge is -2.60. The van der Waals surface area contributed by atoms with Gasteiger partial charge in [0.2, 0.25) is 5.91 Å². The van der Waals surface area contributed by atoms with Gasteiger partial charge in [-0.05, 0) is 105 Å². The summed E-state index contributed by atoms with van der Waals surface area (Å²) in [6, 6.07) is -1.21. The molecule has 0 radical (unpaired) electrons. The molecule has 1 heterocycles. The van der Waals surface area contributed by atoms with Crippen molar-refractivity contribution in [2.24, 2.45) is 45.8 Å². The third kappa shape index (κ3) is 6.28. The Labute approximate surface area is 285 Å². The molecule has 0 spiro atoms. The lowest BCUT2D eigenvalue weighted by atomic mass is 9.45. The fourth-order valence-corrected chi connectivity index (χ4v) is 11.5. The molecule has 11 nitrogen and oxygen atoms in total. The number of fused-ring (bicyclic) bond motifs is 4. The molecule has 5 rings (SSSR count). The van der Waals surface area contributed by atoms with E-state index in [4.69, 9.17) is 9.47 Å². The molecule has 11 heteroatoms. The van der Waals surface area contributed by atoms with Gasteiger partial charge in [-0.1, -0.05) is 45.8 Å². The van der Waals surface area contributed by atoms with Crippen LogP contribution in [0.15, 0.2) is 11.1 Å². The van der Waals surface area contributed by atoms with Crippen molar-refractivity contribution in [3.8, 4) is 0 Å². The Morgan fingerprint density at radius 3 is 2.31 bits per heavy atom. The van der Waals surface area contributed by atoms with E-state index in [2.05, 4.69) is 39.9 Å². The van der Waals surface area contributed by atoms with Crippen LogP contribution in [0.1, 0.15) is 106 Å². The van der Waals surface area contributed by atoms with Crippen molar-refractivity contribution < 1.29 is 49.7 Å². The molecule has 1 saturated heterocycles. The van der Waals surface area contributed by atoms with E-state index in [-0.39, 0.29) is 11.5 Å². The number of amides is 1. The first-order valence-electron chi connectivity index (χ1n) is 18.3. The quantitative estimate of drug-likeness (QED) is 0.160. The lowest BCUT2D eigenvalue weighted by Crippen LogP contribution is -2.67. The zero-order valence-electron chi connectivity index (χ0n) is 29.7. The van der Waals surface area contributed by atoms with Crippen LogP contribution in [-0.2, 0) is 19.1 Å². The summed E-state index contributed by atoms with van der Waals surface area (Å²) < 4.78 is 12.2. The second-order valence-corrected chi connectivity index (χ2v) is 16.9. The number of rotatable bonds is 11. The van der Waals surface area contributed by atoms with Gasteiger partial charge in [0.05, 0.1) is 25.4 Å². The van der Waals surface area contributed by atoms with Gasteiger partial charge in [0.25, 0.3) is 0 Å². The average molecular weight is 680 g/mol. The van der Waals surface area contributed by atoms with Crippen LogP contribution in [0.5, 0.6) is 0 Å². The summed E-state index contributed by atoms with van der Waals surface area (Å²) in [5.74, 6) is -0.265. The molecule has 8 unspecified atom stereocenters. The van der Waals surface area contributed by atoms with Crippen molar-refractivity contribution in [2.75, 3.05) is 13.2 Å². The molecule has 0 aromatic rings. The maximum Gasteiger partial charge on any atom is 0.314 e. The Bertz CT molecular complexity index is 1220. The number of aliphatic hydroxyl groups excluding tert-OH is 5. The summed E-state index contributed by atoms with van der Waals surface area (Å²) in [7, 11) is 0. The lowest BCUT2D eigenvalue weighted by molar-refractivity contribution is -0.303. The third-order valence-electron chi connectivity index (χ3n) is 13.7. The number of carboxylic acids is 1. The summed E-state index contributed by atoms with van der Waals surface area (Å²) in [5, 5.41) is 66.5. The Balaban J connectivity index is 1.42. The molecule has 14 atom stereocenters. The predicted molar refractivity (Wildman–Crippen MR) is 177 cm³/mol. The van der Waals surface area contributed by atoms with Gasteiger partial charge >= 0.3 is 5.97 Å². The van der Waals surface area contributed by atoms with Crippen LogP contribution < -0.4 is 5.32 Å². The smallest absolute Gasteiger partial charge is 0.314 e. The van der Waals surface area contributed by atoms with Crippen LogP contribution in [0, 0.1) is 45.8 Å². The number of hydrogen-bond donors (Lipinski definition) is 7. The number of nitrogens with one attached hydrogen (secondary N) is 1. The van der Waals surface area contributed by atoms with Gasteiger partial charge in [0.1, 0.15) is 29.8 Å². The molecular formula is C37H61NO10. The van der Waals surface area contributed by atoms with Gasteiger partial charge in [-0.25, -0.2) is 0 Å². The number of allylic oxidation sites excluding steroid dienone is 2.